The van der Waals surface area contributed by atoms with Crippen molar-refractivity contribution in [2.45, 2.75) is 18.7 Å². The van der Waals surface area contributed by atoms with Crippen LogP contribution in [0.4, 0.5) is 5.82 Å². The van der Waals surface area contributed by atoms with Crippen LogP contribution in [0.15, 0.2) is 47.5 Å². The van der Waals surface area contributed by atoms with Crippen molar-refractivity contribution in [3.05, 3.63) is 53.7 Å². The molecule has 0 fully saturated rings. The molecule has 1 aromatic heterocycles. The zero-order chi connectivity index (χ0) is 13.2. The Balaban J connectivity index is 2.30. The summed E-state index contributed by atoms with van der Waals surface area (Å²) in [6.07, 6.45) is 1.57. The van der Waals surface area contributed by atoms with E-state index in [9.17, 15) is 8.42 Å². The molecule has 2 aromatic rings. The molecule has 0 spiro atoms. The molecule has 4 nitrogen and oxygen atoms in total. The zero-order valence-corrected chi connectivity index (χ0v) is 11.0. The minimum Gasteiger partial charge on any atom is -0.263 e. The Hall–Kier alpha value is -1.88. The Morgan fingerprint density at radius 1 is 1.00 bits per heavy atom. The van der Waals surface area contributed by atoms with Crippen LogP contribution in [0.2, 0.25) is 0 Å². The van der Waals surface area contributed by atoms with Gasteiger partial charge in [0.2, 0.25) is 0 Å². The number of hydrogen-bond acceptors (Lipinski definition) is 3. The molecule has 1 N–H and O–H groups in total. The van der Waals surface area contributed by atoms with Crippen molar-refractivity contribution in [2.24, 2.45) is 0 Å². The first kappa shape index (κ1) is 12.6. The van der Waals surface area contributed by atoms with E-state index in [1.807, 2.05) is 19.9 Å². The molecule has 0 aliphatic carbocycles. The Kier molecular flexibility index (Phi) is 3.34. The minimum absolute atomic E-state index is 0.233. The van der Waals surface area contributed by atoms with Gasteiger partial charge in [0.1, 0.15) is 5.82 Å². The van der Waals surface area contributed by atoms with Crippen molar-refractivity contribution < 1.29 is 8.42 Å². The lowest BCUT2D eigenvalue weighted by molar-refractivity contribution is 0.601. The predicted molar refractivity (Wildman–Crippen MR) is 71.0 cm³/mol. The molecule has 1 aromatic carbocycles. The smallest absolute Gasteiger partial charge is 0.263 e. The Labute approximate surface area is 107 Å². The summed E-state index contributed by atoms with van der Waals surface area (Å²) in [5, 5.41) is 0. The second kappa shape index (κ2) is 4.78. The molecule has 0 amide bonds. The van der Waals surface area contributed by atoms with E-state index in [1.54, 1.807) is 36.5 Å². The lowest BCUT2D eigenvalue weighted by Gasteiger charge is -2.07. The first-order valence-electron chi connectivity index (χ1n) is 5.49. The molecule has 1 heterocycles. The molecular weight excluding hydrogens is 248 g/mol. The fourth-order valence-corrected chi connectivity index (χ4v) is 2.51. The molecular formula is C13H14N2O2S. The van der Waals surface area contributed by atoms with Crippen LogP contribution < -0.4 is 4.72 Å². The molecule has 0 atom stereocenters. The van der Waals surface area contributed by atoms with Crippen LogP contribution in [0, 0.1) is 13.8 Å². The summed E-state index contributed by atoms with van der Waals surface area (Å²) in [6, 6.07) is 10.2. The van der Waals surface area contributed by atoms with Crippen LogP contribution in [-0.2, 0) is 10.0 Å². The van der Waals surface area contributed by atoms with Gasteiger partial charge in [-0.25, -0.2) is 13.4 Å². The van der Waals surface area contributed by atoms with Crippen LogP contribution in [0.25, 0.3) is 0 Å². The van der Waals surface area contributed by atoms with Gasteiger partial charge < -0.3 is 0 Å². The number of pyridine rings is 1. The Bertz CT molecular complexity index is 649. The molecule has 0 unspecified atom stereocenters. The lowest BCUT2D eigenvalue weighted by atomic mass is 10.2. The highest BCUT2D eigenvalue weighted by atomic mass is 32.2. The van der Waals surface area contributed by atoms with Gasteiger partial charge in [-0.2, -0.15) is 0 Å². The lowest BCUT2D eigenvalue weighted by Crippen LogP contribution is -2.13. The summed E-state index contributed by atoms with van der Waals surface area (Å²) in [4.78, 5) is 4.21. The van der Waals surface area contributed by atoms with Gasteiger partial charge in [-0.3, -0.25) is 4.72 Å². The van der Waals surface area contributed by atoms with E-state index in [2.05, 4.69) is 9.71 Å². The van der Waals surface area contributed by atoms with Gasteiger partial charge in [-0.15, -0.1) is 0 Å². The van der Waals surface area contributed by atoms with Crippen molar-refractivity contribution in [1.82, 2.24) is 4.98 Å². The zero-order valence-electron chi connectivity index (χ0n) is 10.2. The van der Waals surface area contributed by atoms with E-state index in [0.717, 1.165) is 11.1 Å². The maximum atomic E-state index is 12.1. The molecule has 0 radical (unpaired) electrons. The largest absolute Gasteiger partial charge is 0.263 e. The second-order valence-electron chi connectivity index (χ2n) is 4.14. The second-order valence-corrected chi connectivity index (χ2v) is 5.82. The molecule has 18 heavy (non-hydrogen) atoms. The van der Waals surface area contributed by atoms with Crippen molar-refractivity contribution in [1.29, 1.82) is 0 Å². The topological polar surface area (TPSA) is 59.1 Å². The van der Waals surface area contributed by atoms with Crippen molar-refractivity contribution in [3.8, 4) is 0 Å². The summed E-state index contributed by atoms with van der Waals surface area (Å²) < 4.78 is 26.6. The average Bonchev–Trinajstić information content (AvgIpc) is 2.29. The number of nitrogens with zero attached hydrogens (tertiary/aromatic N) is 1. The molecule has 0 aliphatic rings. The summed E-state index contributed by atoms with van der Waals surface area (Å²) in [7, 11) is -3.56. The number of benzene rings is 1. The van der Waals surface area contributed by atoms with Crippen molar-refractivity contribution in [2.75, 3.05) is 4.72 Å². The Morgan fingerprint density at radius 3 is 2.28 bits per heavy atom. The maximum absolute atomic E-state index is 12.1. The summed E-state index contributed by atoms with van der Waals surface area (Å²) in [5.41, 5.74) is 1.97. The maximum Gasteiger partial charge on any atom is 0.263 e. The van der Waals surface area contributed by atoms with Crippen LogP contribution in [-0.4, -0.2) is 13.4 Å². The quantitative estimate of drug-likeness (QED) is 0.924. The van der Waals surface area contributed by atoms with E-state index < -0.39 is 10.0 Å². The predicted octanol–water partition coefficient (Wildman–Crippen LogP) is 2.50. The standard InChI is InChI=1S/C13H14N2O2S/c1-10-3-5-12(6-4-10)18(16,17)15-13-9-11(2)7-8-14-13/h3-9H,1-2H3,(H,14,15). The molecule has 0 saturated heterocycles. The van der Waals surface area contributed by atoms with Crippen LogP contribution in [0.3, 0.4) is 0 Å². The summed E-state index contributed by atoms with van der Waals surface area (Å²) >= 11 is 0. The Morgan fingerprint density at radius 2 is 1.67 bits per heavy atom. The SMILES string of the molecule is Cc1ccc(S(=O)(=O)Nc2cc(C)ccn2)cc1. The summed E-state index contributed by atoms with van der Waals surface area (Å²) in [5.74, 6) is 0.329. The molecule has 0 bridgehead atoms. The van der Waals surface area contributed by atoms with Crippen molar-refractivity contribution in [3.63, 3.8) is 0 Å². The number of aryl methyl sites for hydroxylation is 2. The monoisotopic (exact) mass is 262 g/mol. The fraction of sp³-hybridized carbons (Fsp3) is 0.154. The summed E-state index contributed by atoms with van der Waals surface area (Å²) in [6.45, 7) is 3.79. The van der Waals surface area contributed by atoms with Gasteiger partial charge in [-0.05, 0) is 43.7 Å². The highest BCUT2D eigenvalue weighted by Crippen LogP contribution is 2.15. The normalized spacial score (nSPS) is 11.2. The number of sulfonamides is 1. The van der Waals surface area contributed by atoms with E-state index in [4.69, 9.17) is 0 Å². The van der Waals surface area contributed by atoms with Crippen LogP contribution >= 0.6 is 0 Å². The van der Waals surface area contributed by atoms with Crippen LogP contribution in [0.1, 0.15) is 11.1 Å². The van der Waals surface area contributed by atoms with Gasteiger partial charge in [0, 0.05) is 6.20 Å². The number of anilines is 1. The van der Waals surface area contributed by atoms with Gasteiger partial charge in [0.15, 0.2) is 0 Å². The number of nitrogens with one attached hydrogen (secondary N) is 1. The fourth-order valence-electron chi connectivity index (χ4n) is 1.51. The van der Waals surface area contributed by atoms with Gasteiger partial charge in [0.25, 0.3) is 10.0 Å². The highest BCUT2D eigenvalue weighted by Gasteiger charge is 2.14. The van der Waals surface area contributed by atoms with Gasteiger partial charge >= 0.3 is 0 Å². The molecule has 94 valence electrons. The van der Waals surface area contributed by atoms with Gasteiger partial charge in [-0.1, -0.05) is 17.7 Å². The third-order valence-corrected chi connectivity index (χ3v) is 3.86. The molecule has 2 rings (SSSR count). The molecule has 0 saturated carbocycles. The number of aromatic nitrogens is 1. The number of hydrogen-bond donors (Lipinski definition) is 1. The minimum atomic E-state index is -3.56. The number of rotatable bonds is 3. The van der Waals surface area contributed by atoms with E-state index in [1.165, 1.54) is 0 Å². The van der Waals surface area contributed by atoms with Crippen molar-refractivity contribution >= 4 is 15.8 Å². The van der Waals surface area contributed by atoms with Crippen LogP contribution in [0.5, 0.6) is 0 Å². The molecule has 5 heteroatoms. The third kappa shape index (κ3) is 2.87. The average molecular weight is 262 g/mol. The highest BCUT2D eigenvalue weighted by molar-refractivity contribution is 7.92. The van der Waals surface area contributed by atoms with E-state index in [-0.39, 0.29) is 4.90 Å². The third-order valence-electron chi connectivity index (χ3n) is 2.49. The van der Waals surface area contributed by atoms with Gasteiger partial charge in [0.05, 0.1) is 4.90 Å². The van der Waals surface area contributed by atoms with E-state index in [0.29, 0.717) is 5.82 Å². The first-order valence-corrected chi connectivity index (χ1v) is 6.98. The first-order chi connectivity index (χ1) is 8.47. The molecule has 0 aliphatic heterocycles. The van der Waals surface area contributed by atoms with E-state index >= 15 is 0 Å².